The maximum Gasteiger partial charge on any atom is 0.254 e. The van der Waals surface area contributed by atoms with Gasteiger partial charge in [0.15, 0.2) is 0 Å². The van der Waals surface area contributed by atoms with Crippen molar-refractivity contribution >= 4 is 5.91 Å². The molecule has 1 atom stereocenters. The highest BCUT2D eigenvalue weighted by Crippen LogP contribution is 2.39. The highest BCUT2D eigenvalue weighted by molar-refractivity contribution is 5.94. The van der Waals surface area contributed by atoms with Crippen molar-refractivity contribution in [2.24, 2.45) is 0 Å². The van der Waals surface area contributed by atoms with E-state index in [1.54, 1.807) is 24.5 Å². The second-order valence-corrected chi connectivity index (χ2v) is 5.83. The summed E-state index contributed by atoms with van der Waals surface area (Å²) in [6.45, 7) is 1.47. The summed E-state index contributed by atoms with van der Waals surface area (Å²) in [5.41, 5.74) is 1.80. The number of amides is 1. The van der Waals surface area contributed by atoms with E-state index in [0.717, 1.165) is 18.7 Å². The third kappa shape index (κ3) is 2.41. The molecule has 0 aromatic carbocycles. The summed E-state index contributed by atoms with van der Waals surface area (Å²) in [5, 5.41) is 8.50. The smallest absolute Gasteiger partial charge is 0.254 e. The fourth-order valence-corrected chi connectivity index (χ4v) is 2.85. The van der Waals surface area contributed by atoms with Crippen LogP contribution in [-0.4, -0.2) is 43.9 Å². The molecule has 1 saturated heterocycles. The Kier molecular flexibility index (Phi) is 2.94. The van der Waals surface area contributed by atoms with Crippen LogP contribution in [0.3, 0.4) is 0 Å². The van der Waals surface area contributed by atoms with Crippen LogP contribution in [0.2, 0.25) is 0 Å². The van der Waals surface area contributed by atoms with Gasteiger partial charge in [-0.2, -0.15) is 0 Å². The number of pyridine rings is 1. The van der Waals surface area contributed by atoms with Gasteiger partial charge in [-0.3, -0.25) is 9.78 Å². The highest BCUT2D eigenvalue weighted by Gasteiger charge is 2.31. The molecule has 6 heteroatoms. The molecule has 6 nitrogen and oxygen atoms in total. The monoisotopic (exact) mass is 283 g/mol. The molecule has 2 aliphatic rings. The molecule has 2 aromatic heterocycles. The van der Waals surface area contributed by atoms with Crippen LogP contribution < -0.4 is 0 Å². The SMILES string of the molecule is O=C(c1ccncc1)N1CCC(n2cc(C3CC3)nn2)C1. The van der Waals surface area contributed by atoms with E-state index in [1.807, 2.05) is 9.58 Å². The second-order valence-electron chi connectivity index (χ2n) is 5.83. The summed E-state index contributed by atoms with van der Waals surface area (Å²) >= 11 is 0. The van der Waals surface area contributed by atoms with Crippen molar-refractivity contribution in [1.82, 2.24) is 24.9 Å². The first-order valence-electron chi connectivity index (χ1n) is 7.42. The van der Waals surface area contributed by atoms with Crippen LogP contribution in [0.25, 0.3) is 0 Å². The van der Waals surface area contributed by atoms with Crippen molar-refractivity contribution < 1.29 is 4.79 Å². The molecular formula is C15H17N5O. The van der Waals surface area contributed by atoms with Crippen LogP contribution in [0.4, 0.5) is 0 Å². The van der Waals surface area contributed by atoms with Crippen LogP contribution in [0.5, 0.6) is 0 Å². The maximum absolute atomic E-state index is 12.4. The van der Waals surface area contributed by atoms with Crippen molar-refractivity contribution in [3.05, 3.63) is 42.0 Å². The molecule has 21 heavy (non-hydrogen) atoms. The number of aromatic nitrogens is 4. The van der Waals surface area contributed by atoms with Crippen LogP contribution in [0.1, 0.15) is 47.3 Å². The van der Waals surface area contributed by atoms with Gasteiger partial charge in [0.2, 0.25) is 0 Å². The topological polar surface area (TPSA) is 63.9 Å². The van der Waals surface area contributed by atoms with E-state index < -0.39 is 0 Å². The molecule has 0 spiro atoms. The minimum Gasteiger partial charge on any atom is -0.336 e. The van der Waals surface area contributed by atoms with Crippen LogP contribution >= 0.6 is 0 Å². The number of hydrogen-bond donors (Lipinski definition) is 0. The zero-order chi connectivity index (χ0) is 14.2. The van der Waals surface area contributed by atoms with Gasteiger partial charge in [-0.25, -0.2) is 4.68 Å². The fraction of sp³-hybridized carbons (Fsp3) is 0.467. The van der Waals surface area contributed by atoms with Crippen molar-refractivity contribution in [2.75, 3.05) is 13.1 Å². The third-order valence-corrected chi connectivity index (χ3v) is 4.28. The van der Waals surface area contributed by atoms with Gasteiger partial charge in [-0.15, -0.1) is 5.10 Å². The maximum atomic E-state index is 12.4. The molecule has 1 aliphatic carbocycles. The molecule has 2 aromatic rings. The van der Waals surface area contributed by atoms with Crippen LogP contribution in [0, 0.1) is 0 Å². The molecule has 0 N–H and O–H groups in total. The molecular weight excluding hydrogens is 266 g/mol. The normalized spacial score (nSPS) is 21.7. The zero-order valence-electron chi connectivity index (χ0n) is 11.7. The lowest BCUT2D eigenvalue weighted by molar-refractivity contribution is 0.0787. The zero-order valence-corrected chi connectivity index (χ0v) is 11.7. The van der Waals surface area contributed by atoms with E-state index in [2.05, 4.69) is 21.5 Å². The molecule has 1 aliphatic heterocycles. The van der Waals surface area contributed by atoms with Gasteiger partial charge in [-0.1, -0.05) is 5.21 Å². The molecule has 1 unspecified atom stereocenters. The van der Waals surface area contributed by atoms with Crippen molar-refractivity contribution in [3.8, 4) is 0 Å². The van der Waals surface area contributed by atoms with Crippen molar-refractivity contribution in [2.45, 2.75) is 31.2 Å². The number of hydrogen-bond acceptors (Lipinski definition) is 4. The first-order chi connectivity index (χ1) is 10.3. The minimum absolute atomic E-state index is 0.0717. The van der Waals surface area contributed by atoms with E-state index in [0.29, 0.717) is 18.0 Å². The Morgan fingerprint density at radius 1 is 1.19 bits per heavy atom. The number of carbonyl (C=O) groups is 1. The van der Waals surface area contributed by atoms with Crippen molar-refractivity contribution in [3.63, 3.8) is 0 Å². The Hall–Kier alpha value is -2.24. The second kappa shape index (κ2) is 4.95. The Morgan fingerprint density at radius 2 is 2.00 bits per heavy atom. The number of carbonyl (C=O) groups excluding carboxylic acids is 1. The molecule has 108 valence electrons. The molecule has 0 radical (unpaired) electrons. The lowest BCUT2D eigenvalue weighted by Crippen LogP contribution is -2.29. The van der Waals surface area contributed by atoms with Gasteiger partial charge < -0.3 is 4.90 Å². The lowest BCUT2D eigenvalue weighted by Gasteiger charge is -2.16. The third-order valence-electron chi connectivity index (χ3n) is 4.28. The highest BCUT2D eigenvalue weighted by atomic mass is 16.2. The number of likely N-dealkylation sites (tertiary alicyclic amines) is 1. The molecule has 1 saturated carbocycles. The van der Waals surface area contributed by atoms with Crippen LogP contribution in [-0.2, 0) is 0 Å². The van der Waals surface area contributed by atoms with E-state index in [9.17, 15) is 4.79 Å². The largest absolute Gasteiger partial charge is 0.336 e. The Bertz CT molecular complexity index is 649. The van der Waals surface area contributed by atoms with Gasteiger partial charge in [0.25, 0.3) is 5.91 Å². The molecule has 0 bridgehead atoms. The predicted octanol–water partition coefficient (Wildman–Crippen LogP) is 1.64. The van der Waals surface area contributed by atoms with Gasteiger partial charge in [0.05, 0.1) is 11.7 Å². The van der Waals surface area contributed by atoms with Gasteiger partial charge >= 0.3 is 0 Å². The summed E-state index contributed by atoms with van der Waals surface area (Å²) in [6, 6.07) is 3.77. The molecule has 2 fully saturated rings. The predicted molar refractivity (Wildman–Crippen MR) is 75.8 cm³/mol. The summed E-state index contributed by atoms with van der Waals surface area (Å²) < 4.78 is 1.94. The van der Waals surface area contributed by atoms with E-state index in [-0.39, 0.29) is 11.9 Å². The standard InChI is InChI=1S/C15H17N5O/c21-15(12-3-6-16-7-4-12)19-8-5-13(9-19)20-10-14(17-18-20)11-1-2-11/h3-4,6-7,10-11,13H,1-2,5,8-9H2. The molecule has 4 rings (SSSR count). The average Bonchev–Trinajstić information content (AvgIpc) is 3.07. The fourth-order valence-electron chi connectivity index (χ4n) is 2.85. The Morgan fingerprint density at radius 3 is 2.76 bits per heavy atom. The van der Waals surface area contributed by atoms with Gasteiger partial charge in [-0.05, 0) is 31.4 Å². The molecule has 1 amide bonds. The van der Waals surface area contributed by atoms with Gasteiger partial charge in [0.1, 0.15) is 0 Å². The Balaban J connectivity index is 1.45. The van der Waals surface area contributed by atoms with E-state index in [4.69, 9.17) is 0 Å². The van der Waals surface area contributed by atoms with Gasteiger partial charge in [0, 0.05) is 43.2 Å². The van der Waals surface area contributed by atoms with Crippen LogP contribution in [0.15, 0.2) is 30.7 Å². The lowest BCUT2D eigenvalue weighted by atomic mass is 10.2. The average molecular weight is 283 g/mol. The summed E-state index contributed by atoms with van der Waals surface area (Å²) in [5.74, 6) is 0.692. The molecule has 3 heterocycles. The first-order valence-corrected chi connectivity index (χ1v) is 7.42. The van der Waals surface area contributed by atoms with E-state index in [1.165, 1.54) is 12.8 Å². The number of rotatable bonds is 3. The van der Waals surface area contributed by atoms with E-state index >= 15 is 0 Å². The first kappa shape index (κ1) is 12.5. The Labute approximate surface area is 122 Å². The number of nitrogens with zero attached hydrogens (tertiary/aromatic N) is 5. The summed E-state index contributed by atoms with van der Waals surface area (Å²) in [6.07, 6.45) is 8.76. The minimum atomic E-state index is 0.0717. The van der Waals surface area contributed by atoms with Crippen molar-refractivity contribution in [1.29, 1.82) is 0 Å². The summed E-state index contributed by atoms with van der Waals surface area (Å²) in [7, 11) is 0. The summed E-state index contributed by atoms with van der Waals surface area (Å²) in [4.78, 5) is 18.2. The quantitative estimate of drug-likeness (QED) is 0.859.